The molecule has 3 nitrogen and oxygen atoms in total. The Kier molecular flexibility index (Phi) is 6.81. The number of hydrogen-bond donors (Lipinski definition) is 2. The maximum absolute atomic E-state index is 11.3. The first-order chi connectivity index (χ1) is 6.43. The van der Waals surface area contributed by atoms with Gasteiger partial charge in [-0.2, -0.15) is 11.8 Å². The van der Waals surface area contributed by atoms with Crippen LogP contribution in [-0.4, -0.2) is 40.0 Å². The van der Waals surface area contributed by atoms with E-state index in [1.807, 2.05) is 13.2 Å². The fraction of sp³-hybridized carbons (Fsp3) is 0.889. The Morgan fingerprint density at radius 1 is 1.71 bits per heavy atom. The molecule has 0 aromatic heterocycles. The highest BCUT2D eigenvalue weighted by atomic mass is 79.9. The predicted molar refractivity (Wildman–Crippen MR) is 65.0 cm³/mol. The molecule has 0 radical (unpaired) electrons. The van der Waals surface area contributed by atoms with Crippen LogP contribution in [0, 0.1) is 0 Å². The van der Waals surface area contributed by atoms with E-state index in [2.05, 4.69) is 21.2 Å². The average Bonchev–Trinajstić information content (AvgIpc) is 2.13. The lowest BCUT2D eigenvalue weighted by molar-refractivity contribution is -0.121. The number of amides is 1. The van der Waals surface area contributed by atoms with Gasteiger partial charge in [-0.1, -0.05) is 22.9 Å². The van der Waals surface area contributed by atoms with Gasteiger partial charge in [-0.15, -0.1) is 0 Å². The average molecular weight is 284 g/mol. The summed E-state index contributed by atoms with van der Waals surface area (Å²) in [7, 11) is 0. The molecule has 0 fully saturated rings. The fourth-order valence-electron chi connectivity index (χ4n) is 0.936. The number of hydrogen-bond acceptors (Lipinski definition) is 3. The Balaban J connectivity index is 3.87. The molecule has 2 atom stereocenters. The second-order valence-corrected chi connectivity index (χ2v) is 5.49. The number of thioether (sulfide) groups is 1. The van der Waals surface area contributed by atoms with Gasteiger partial charge in [0.25, 0.3) is 0 Å². The van der Waals surface area contributed by atoms with E-state index in [0.29, 0.717) is 12.3 Å². The van der Waals surface area contributed by atoms with Gasteiger partial charge in [0.05, 0.1) is 10.4 Å². The van der Waals surface area contributed by atoms with E-state index in [0.717, 1.165) is 6.42 Å². The highest BCUT2D eigenvalue weighted by molar-refractivity contribution is 9.10. The zero-order valence-corrected chi connectivity index (χ0v) is 11.2. The predicted octanol–water partition coefficient (Wildman–Crippen LogP) is 1.39. The fourth-order valence-corrected chi connectivity index (χ4v) is 1.82. The monoisotopic (exact) mass is 283 g/mol. The second-order valence-electron chi connectivity index (χ2n) is 3.52. The maximum atomic E-state index is 11.3. The number of aliphatic hydroxyl groups is 1. The summed E-state index contributed by atoms with van der Waals surface area (Å²) in [5, 5.41) is 12.5. The van der Waals surface area contributed by atoms with Crippen LogP contribution in [0.4, 0.5) is 0 Å². The first-order valence-corrected chi connectivity index (χ1v) is 6.87. The molecule has 0 bridgehead atoms. The number of nitrogens with one attached hydrogen (secondary N) is 1. The van der Waals surface area contributed by atoms with Crippen LogP contribution in [0.15, 0.2) is 0 Å². The Morgan fingerprint density at radius 3 is 2.71 bits per heavy atom. The molecule has 2 unspecified atom stereocenters. The zero-order chi connectivity index (χ0) is 11.2. The van der Waals surface area contributed by atoms with E-state index in [1.54, 1.807) is 18.7 Å². The summed E-state index contributed by atoms with van der Waals surface area (Å²) >= 11 is 4.81. The molecular weight excluding hydrogens is 266 g/mol. The third-order valence-corrected chi connectivity index (χ3v) is 3.72. The second kappa shape index (κ2) is 6.69. The first-order valence-electron chi connectivity index (χ1n) is 4.56. The summed E-state index contributed by atoms with van der Waals surface area (Å²) in [6.45, 7) is 3.95. The molecule has 0 heterocycles. The minimum atomic E-state index is -0.824. The molecule has 0 aliphatic heterocycles. The molecule has 2 N–H and O–H groups in total. The Labute approximate surface area is 98.2 Å². The van der Waals surface area contributed by atoms with Crippen LogP contribution < -0.4 is 5.32 Å². The van der Waals surface area contributed by atoms with Gasteiger partial charge < -0.3 is 10.4 Å². The van der Waals surface area contributed by atoms with Crippen molar-refractivity contribution in [1.82, 2.24) is 5.32 Å². The third kappa shape index (κ3) is 5.88. The lowest BCUT2D eigenvalue weighted by Crippen LogP contribution is -2.44. The maximum Gasteiger partial charge on any atom is 0.233 e. The standard InChI is InChI=1S/C9H18BrNO2S/c1-4-7(10)8(12)11-5-9(2,13)6-14-3/h7,13H,4-6H2,1-3H3,(H,11,12). The summed E-state index contributed by atoms with van der Waals surface area (Å²) < 4.78 is 0. The minimum Gasteiger partial charge on any atom is -0.387 e. The van der Waals surface area contributed by atoms with Crippen LogP contribution in [0.1, 0.15) is 20.3 Å². The van der Waals surface area contributed by atoms with Gasteiger partial charge in [-0.05, 0) is 19.6 Å². The smallest absolute Gasteiger partial charge is 0.233 e. The van der Waals surface area contributed by atoms with E-state index < -0.39 is 5.60 Å². The normalized spacial score (nSPS) is 17.2. The van der Waals surface area contributed by atoms with Gasteiger partial charge in [0.1, 0.15) is 0 Å². The van der Waals surface area contributed by atoms with Gasteiger partial charge in [0.2, 0.25) is 5.91 Å². The molecule has 0 saturated carbocycles. The van der Waals surface area contributed by atoms with E-state index in [4.69, 9.17) is 0 Å². The van der Waals surface area contributed by atoms with Crippen molar-refractivity contribution in [3.05, 3.63) is 0 Å². The molecule has 0 aromatic carbocycles. The number of carbonyl (C=O) groups excluding carboxylic acids is 1. The molecule has 5 heteroatoms. The minimum absolute atomic E-state index is 0.0612. The van der Waals surface area contributed by atoms with Crippen molar-refractivity contribution in [3.8, 4) is 0 Å². The van der Waals surface area contributed by atoms with Crippen molar-refractivity contribution < 1.29 is 9.90 Å². The van der Waals surface area contributed by atoms with Crippen LogP contribution in [-0.2, 0) is 4.79 Å². The SMILES string of the molecule is CCC(Br)C(=O)NCC(C)(O)CSC. The van der Waals surface area contributed by atoms with Gasteiger partial charge in [0.15, 0.2) is 0 Å². The number of carbonyl (C=O) groups is 1. The van der Waals surface area contributed by atoms with Gasteiger partial charge >= 0.3 is 0 Å². The molecule has 0 aromatic rings. The van der Waals surface area contributed by atoms with Crippen LogP contribution >= 0.6 is 27.7 Å². The zero-order valence-electron chi connectivity index (χ0n) is 8.84. The van der Waals surface area contributed by atoms with Crippen molar-refractivity contribution in [2.24, 2.45) is 0 Å². The highest BCUT2D eigenvalue weighted by Crippen LogP contribution is 2.10. The molecule has 0 rings (SSSR count). The van der Waals surface area contributed by atoms with Crippen molar-refractivity contribution in [2.75, 3.05) is 18.6 Å². The number of rotatable bonds is 6. The number of halogens is 1. The lowest BCUT2D eigenvalue weighted by Gasteiger charge is -2.23. The van der Waals surface area contributed by atoms with Crippen molar-refractivity contribution in [2.45, 2.75) is 30.7 Å². The molecule has 14 heavy (non-hydrogen) atoms. The Morgan fingerprint density at radius 2 is 2.29 bits per heavy atom. The first kappa shape index (κ1) is 14.3. The molecule has 0 saturated heterocycles. The van der Waals surface area contributed by atoms with Crippen LogP contribution in [0.2, 0.25) is 0 Å². The summed E-state index contributed by atoms with van der Waals surface area (Å²) in [6, 6.07) is 0. The summed E-state index contributed by atoms with van der Waals surface area (Å²) in [5.74, 6) is 0.556. The largest absolute Gasteiger partial charge is 0.387 e. The Hall–Kier alpha value is 0.260. The van der Waals surface area contributed by atoms with Crippen molar-refractivity contribution >= 4 is 33.6 Å². The van der Waals surface area contributed by atoms with E-state index in [-0.39, 0.29) is 10.7 Å². The van der Waals surface area contributed by atoms with Crippen molar-refractivity contribution in [3.63, 3.8) is 0 Å². The van der Waals surface area contributed by atoms with Crippen LogP contribution in [0.5, 0.6) is 0 Å². The van der Waals surface area contributed by atoms with Crippen LogP contribution in [0.3, 0.4) is 0 Å². The summed E-state index contributed by atoms with van der Waals surface area (Å²) in [4.78, 5) is 11.2. The summed E-state index contributed by atoms with van der Waals surface area (Å²) in [6.07, 6.45) is 2.67. The van der Waals surface area contributed by atoms with E-state index >= 15 is 0 Å². The van der Waals surface area contributed by atoms with E-state index in [1.165, 1.54) is 0 Å². The van der Waals surface area contributed by atoms with E-state index in [9.17, 15) is 9.90 Å². The topological polar surface area (TPSA) is 49.3 Å². The van der Waals surface area contributed by atoms with Gasteiger partial charge in [-0.25, -0.2) is 0 Å². The molecule has 0 aliphatic rings. The Bertz CT molecular complexity index is 188. The van der Waals surface area contributed by atoms with Crippen molar-refractivity contribution in [1.29, 1.82) is 0 Å². The quantitative estimate of drug-likeness (QED) is 0.725. The molecule has 84 valence electrons. The van der Waals surface area contributed by atoms with Gasteiger partial charge in [0, 0.05) is 12.3 Å². The highest BCUT2D eigenvalue weighted by Gasteiger charge is 2.21. The molecule has 0 aliphatic carbocycles. The third-order valence-electron chi connectivity index (χ3n) is 1.74. The summed E-state index contributed by atoms with van der Waals surface area (Å²) in [5.41, 5.74) is -0.824. The number of alkyl halides is 1. The lowest BCUT2D eigenvalue weighted by atomic mass is 10.1. The van der Waals surface area contributed by atoms with Crippen LogP contribution in [0.25, 0.3) is 0 Å². The molecule has 1 amide bonds. The van der Waals surface area contributed by atoms with Gasteiger partial charge in [-0.3, -0.25) is 4.79 Å². The molecule has 0 spiro atoms. The molecular formula is C9H18BrNO2S.